The number of halogens is 1. The van der Waals surface area contributed by atoms with E-state index in [0.29, 0.717) is 53.1 Å². The SMILES string of the molecule is O=C(c1ccc(F)cc1)N1CCN(C(=O)c2sc(-c3ccco3)nc2-c2ccccc2)CC1. The van der Waals surface area contributed by atoms with Crippen molar-refractivity contribution in [3.8, 4) is 22.0 Å². The summed E-state index contributed by atoms with van der Waals surface area (Å²) in [5.41, 5.74) is 1.93. The fourth-order valence-corrected chi connectivity index (χ4v) is 4.82. The molecule has 2 aromatic heterocycles. The van der Waals surface area contributed by atoms with Crippen LogP contribution in [0.3, 0.4) is 0 Å². The van der Waals surface area contributed by atoms with Gasteiger partial charge in [-0.3, -0.25) is 9.59 Å². The number of amides is 2. The van der Waals surface area contributed by atoms with E-state index in [-0.39, 0.29) is 17.6 Å². The number of carbonyl (C=O) groups excluding carboxylic acids is 2. The predicted molar refractivity (Wildman–Crippen MR) is 123 cm³/mol. The van der Waals surface area contributed by atoms with Crippen LogP contribution in [0.1, 0.15) is 20.0 Å². The van der Waals surface area contributed by atoms with Crippen LogP contribution in [-0.2, 0) is 0 Å². The maximum atomic E-state index is 13.5. The molecule has 6 nitrogen and oxygen atoms in total. The van der Waals surface area contributed by atoms with E-state index in [1.807, 2.05) is 36.4 Å². The van der Waals surface area contributed by atoms with Gasteiger partial charge in [-0.2, -0.15) is 0 Å². The number of hydrogen-bond donors (Lipinski definition) is 0. The first-order valence-electron chi connectivity index (χ1n) is 10.5. The second kappa shape index (κ2) is 8.99. The van der Waals surface area contributed by atoms with Crippen LogP contribution in [-0.4, -0.2) is 52.8 Å². The van der Waals surface area contributed by atoms with Crippen molar-refractivity contribution in [1.82, 2.24) is 14.8 Å². The lowest BCUT2D eigenvalue weighted by Crippen LogP contribution is -2.50. The van der Waals surface area contributed by atoms with Gasteiger partial charge in [0, 0.05) is 37.3 Å². The highest BCUT2D eigenvalue weighted by Crippen LogP contribution is 2.35. The molecule has 0 radical (unpaired) electrons. The second-order valence-corrected chi connectivity index (χ2v) is 8.63. The largest absolute Gasteiger partial charge is 0.462 e. The van der Waals surface area contributed by atoms with Gasteiger partial charge in [0.1, 0.15) is 10.7 Å². The summed E-state index contributed by atoms with van der Waals surface area (Å²) in [5.74, 6) is -0.0383. The van der Waals surface area contributed by atoms with Gasteiger partial charge in [0.15, 0.2) is 10.8 Å². The molecule has 0 spiro atoms. The Morgan fingerprint density at radius 2 is 1.52 bits per heavy atom. The fraction of sp³-hybridized carbons (Fsp3) is 0.160. The zero-order chi connectivity index (χ0) is 22.8. The van der Waals surface area contributed by atoms with Gasteiger partial charge in [-0.05, 0) is 36.4 Å². The first-order chi connectivity index (χ1) is 16.1. The van der Waals surface area contributed by atoms with E-state index < -0.39 is 0 Å². The lowest BCUT2D eigenvalue weighted by Gasteiger charge is -2.34. The van der Waals surface area contributed by atoms with Gasteiger partial charge in [0.05, 0.1) is 12.0 Å². The van der Waals surface area contributed by atoms with Gasteiger partial charge in [-0.15, -0.1) is 11.3 Å². The van der Waals surface area contributed by atoms with Gasteiger partial charge in [-0.25, -0.2) is 9.37 Å². The van der Waals surface area contributed by atoms with E-state index >= 15 is 0 Å². The topological polar surface area (TPSA) is 66.7 Å². The number of carbonyl (C=O) groups is 2. The number of furan rings is 1. The minimum Gasteiger partial charge on any atom is -0.462 e. The lowest BCUT2D eigenvalue weighted by atomic mass is 10.1. The summed E-state index contributed by atoms with van der Waals surface area (Å²) in [6, 6.07) is 18.7. The summed E-state index contributed by atoms with van der Waals surface area (Å²) in [5, 5.41) is 0.646. The fourth-order valence-electron chi connectivity index (χ4n) is 3.79. The zero-order valence-electron chi connectivity index (χ0n) is 17.6. The zero-order valence-corrected chi connectivity index (χ0v) is 18.4. The average molecular weight is 462 g/mol. The molecular formula is C25H20FN3O3S. The summed E-state index contributed by atoms with van der Waals surface area (Å²) in [4.78, 5) is 34.9. The van der Waals surface area contributed by atoms with Gasteiger partial charge >= 0.3 is 0 Å². The molecule has 3 heterocycles. The molecule has 166 valence electrons. The first kappa shape index (κ1) is 21.1. The Morgan fingerprint density at radius 3 is 2.15 bits per heavy atom. The van der Waals surface area contributed by atoms with Crippen LogP contribution in [0.25, 0.3) is 22.0 Å². The summed E-state index contributed by atoms with van der Waals surface area (Å²) in [6.07, 6.45) is 1.58. The second-order valence-electron chi connectivity index (χ2n) is 7.63. The molecule has 0 atom stereocenters. The van der Waals surface area contributed by atoms with Gasteiger partial charge in [0.2, 0.25) is 0 Å². The standard InChI is InChI=1S/C25H20FN3O3S/c26-19-10-8-18(9-11-19)24(30)28-12-14-29(15-13-28)25(31)22-21(17-5-2-1-3-6-17)27-23(33-22)20-7-4-16-32-20/h1-11,16H,12-15H2. The van der Waals surface area contributed by atoms with Crippen molar-refractivity contribution in [2.75, 3.05) is 26.2 Å². The van der Waals surface area contributed by atoms with Crippen molar-refractivity contribution in [3.63, 3.8) is 0 Å². The molecule has 1 saturated heterocycles. The van der Waals surface area contributed by atoms with Gasteiger partial charge in [-0.1, -0.05) is 30.3 Å². The van der Waals surface area contributed by atoms with Crippen LogP contribution in [0.2, 0.25) is 0 Å². The van der Waals surface area contributed by atoms with Crippen molar-refractivity contribution in [3.05, 3.63) is 89.3 Å². The Morgan fingerprint density at radius 1 is 0.848 bits per heavy atom. The van der Waals surface area contributed by atoms with Crippen molar-refractivity contribution in [2.24, 2.45) is 0 Å². The van der Waals surface area contributed by atoms with E-state index in [2.05, 4.69) is 0 Å². The maximum Gasteiger partial charge on any atom is 0.266 e. The smallest absolute Gasteiger partial charge is 0.266 e. The van der Waals surface area contributed by atoms with Crippen LogP contribution in [0.15, 0.2) is 77.4 Å². The highest BCUT2D eigenvalue weighted by atomic mass is 32.1. The minimum atomic E-state index is -0.380. The maximum absolute atomic E-state index is 13.5. The average Bonchev–Trinajstić information content (AvgIpc) is 3.55. The molecular weight excluding hydrogens is 441 g/mol. The molecule has 5 rings (SSSR count). The molecule has 0 aliphatic carbocycles. The Balaban J connectivity index is 1.35. The predicted octanol–water partition coefficient (Wildman–Crippen LogP) is 4.81. The molecule has 2 amide bonds. The number of hydrogen-bond acceptors (Lipinski definition) is 5. The van der Waals surface area contributed by atoms with Crippen molar-refractivity contribution in [2.45, 2.75) is 0 Å². The molecule has 0 unspecified atom stereocenters. The van der Waals surface area contributed by atoms with Crippen molar-refractivity contribution >= 4 is 23.2 Å². The van der Waals surface area contributed by atoms with Gasteiger partial charge in [0.25, 0.3) is 11.8 Å². The Hall–Kier alpha value is -3.78. The monoisotopic (exact) mass is 461 g/mol. The Kier molecular flexibility index (Phi) is 5.75. The molecule has 0 bridgehead atoms. The summed E-state index contributed by atoms with van der Waals surface area (Å²) >= 11 is 1.31. The van der Waals surface area contributed by atoms with E-state index in [4.69, 9.17) is 9.40 Å². The van der Waals surface area contributed by atoms with Crippen LogP contribution in [0.5, 0.6) is 0 Å². The third kappa shape index (κ3) is 4.29. The van der Waals surface area contributed by atoms with Crippen LogP contribution in [0.4, 0.5) is 4.39 Å². The molecule has 1 aliphatic heterocycles. The molecule has 2 aromatic carbocycles. The number of nitrogens with zero attached hydrogens (tertiary/aromatic N) is 3. The minimum absolute atomic E-state index is 0.113. The molecule has 4 aromatic rings. The molecule has 1 fully saturated rings. The van der Waals surface area contributed by atoms with E-state index in [1.54, 1.807) is 22.1 Å². The molecule has 8 heteroatoms. The van der Waals surface area contributed by atoms with Gasteiger partial charge < -0.3 is 14.2 Å². The number of rotatable bonds is 4. The number of piperazine rings is 1. The number of benzene rings is 2. The van der Waals surface area contributed by atoms with Crippen molar-refractivity contribution in [1.29, 1.82) is 0 Å². The van der Waals surface area contributed by atoms with E-state index in [9.17, 15) is 14.0 Å². The summed E-state index contributed by atoms with van der Waals surface area (Å²) in [7, 11) is 0. The van der Waals surface area contributed by atoms with Crippen LogP contribution < -0.4 is 0 Å². The number of aromatic nitrogens is 1. The molecule has 0 saturated carbocycles. The van der Waals surface area contributed by atoms with Crippen molar-refractivity contribution < 1.29 is 18.4 Å². The normalized spacial score (nSPS) is 13.8. The Bertz CT molecular complexity index is 1260. The third-order valence-corrected chi connectivity index (χ3v) is 6.60. The summed E-state index contributed by atoms with van der Waals surface area (Å²) < 4.78 is 18.7. The molecule has 0 N–H and O–H groups in total. The molecule has 1 aliphatic rings. The Labute approximate surface area is 193 Å². The number of thiazole rings is 1. The van der Waals surface area contributed by atoms with E-state index in [0.717, 1.165) is 5.56 Å². The molecule has 33 heavy (non-hydrogen) atoms. The lowest BCUT2D eigenvalue weighted by molar-refractivity contribution is 0.0538. The van der Waals surface area contributed by atoms with E-state index in [1.165, 1.54) is 35.6 Å². The van der Waals surface area contributed by atoms with Crippen LogP contribution >= 0.6 is 11.3 Å². The first-order valence-corrected chi connectivity index (χ1v) is 11.4. The highest BCUT2D eigenvalue weighted by molar-refractivity contribution is 7.17. The highest BCUT2D eigenvalue weighted by Gasteiger charge is 2.29. The summed E-state index contributed by atoms with van der Waals surface area (Å²) in [6.45, 7) is 1.64. The quantitative estimate of drug-likeness (QED) is 0.438. The van der Waals surface area contributed by atoms with Crippen LogP contribution in [0, 0.1) is 5.82 Å². The third-order valence-electron chi connectivity index (χ3n) is 5.55.